The normalized spacial score (nSPS) is 13.6. The molecule has 1 heterocycles. The minimum absolute atomic E-state index is 0.165. The molecule has 1 aliphatic rings. The lowest BCUT2D eigenvalue weighted by atomic mass is 9.96. The molecular formula is C18H23N3O2. The number of anilines is 1. The fourth-order valence-corrected chi connectivity index (χ4v) is 3.24. The summed E-state index contributed by atoms with van der Waals surface area (Å²) in [6.07, 6.45) is 5.43. The molecule has 1 aliphatic carbocycles. The molecule has 0 atom stereocenters. The highest BCUT2D eigenvalue weighted by Crippen LogP contribution is 2.24. The maximum atomic E-state index is 10.7. The summed E-state index contributed by atoms with van der Waals surface area (Å²) < 4.78 is 2.00. The molecule has 122 valence electrons. The summed E-state index contributed by atoms with van der Waals surface area (Å²) in [5.74, 6) is -0.759. The van der Waals surface area contributed by atoms with Crippen LogP contribution in [0.2, 0.25) is 0 Å². The van der Waals surface area contributed by atoms with Crippen molar-refractivity contribution in [1.82, 2.24) is 9.78 Å². The number of aromatic nitrogens is 2. The smallest absolute Gasteiger partial charge is 0.303 e. The topological polar surface area (TPSA) is 67.2 Å². The number of nitrogens with zero attached hydrogens (tertiary/aromatic N) is 2. The Morgan fingerprint density at radius 1 is 1.35 bits per heavy atom. The number of hydrogen-bond donors (Lipinski definition) is 2. The lowest BCUT2D eigenvalue weighted by molar-refractivity contribution is -0.136. The van der Waals surface area contributed by atoms with Crippen LogP contribution in [0.1, 0.15) is 41.8 Å². The van der Waals surface area contributed by atoms with Crippen molar-refractivity contribution in [3.8, 4) is 0 Å². The van der Waals surface area contributed by atoms with Gasteiger partial charge in [-0.15, -0.1) is 0 Å². The van der Waals surface area contributed by atoms with Crippen LogP contribution in [0, 0.1) is 0 Å². The predicted octanol–water partition coefficient (Wildman–Crippen LogP) is 2.93. The second-order valence-corrected chi connectivity index (χ2v) is 6.15. The summed E-state index contributed by atoms with van der Waals surface area (Å²) >= 11 is 0. The monoisotopic (exact) mass is 313 g/mol. The van der Waals surface area contributed by atoms with Gasteiger partial charge in [0, 0.05) is 19.2 Å². The van der Waals surface area contributed by atoms with Gasteiger partial charge in [0.15, 0.2) is 0 Å². The van der Waals surface area contributed by atoms with E-state index in [1.807, 2.05) is 36.0 Å². The van der Waals surface area contributed by atoms with E-state index >= 15 is 0 Å². The van der Waals surface area contributed by atoms with E-state index in [0.717, 1.165) is 30.6 Å². The average molecular weight is 313 g/mol. The van der Waals surface area contributed by atoms with Gasteiger partial charge in [-0.2, -0.15) is 5.10 Å². The van der Waals surface area contributed by atoms with Crippen LogP contribution < -0.4 is 5.32 Å². The van der Waals surface area contributed by atoms with Crippen LogP contribution in [0.4, 0.5) is 5.69 Å². The van der Waals surface area contributed by atoms with E-state index in [4.69, 9.17) is 5.11 Å². The Balaban J connectivity index is 1.68. The predicted molar refractivity (Wildman–Crippen MR) is 89.6 cm³/mol. The third-order valence-corrected chi connectivity index (χ3v) is 4.46. The van der Waals surface area contributed by atoms with Gasteiger partial charge < -0.3 is 10.4 Å². The molecule has 1 aromatic carbocycles. The summed E-state index contributed by atoms with van der Waals surface area (Å²) in [7, 11) is 2.01. The van der Waals surface area contributed by atoms with E-state index in [-0.39, 0.29) is 6.42 Å². The third-order valence-electron chi connectivity index (χ3n) is 4.46. The van der Waals surface area contributed by atoms with Crippen LogP contribution in [-0.2, 0) is 37.6 Å². The van der Waals surface area contributed by atoms with E-state index in [1.165, 1.54) is 29.8 Å². The highest BCUT2D eigenvalue weighted by Gasteiger charge is 2.18. The quantitative estimate of drug-likeness (QED) is 0.860. The molecule has 0 unspecified atom stereocenters. The number of aliphatic carboxylic acids is 1. The van der Waals surface area contributed by atoms with E-state index < -0.39 is 5.97 Å². The molecule has 23 heavy (non-hydrogen) atoms. The summed E-state index contributed by atoms with van der Waals surface area (Å²) in [6, 6.07) is 8.00. The standard InChI is InChI=1S/C18H23N3O2/c1-21-17(15-7-2-3-8-16(15)20-21)12-19-14-6-4-5-13(11-14)9-10-18(22)23/h4-6,11,19H,2-3,7-10,12H2,1H3,(H,22,23). The largest absolute Gasteiger partial charge is 0.481 e. The second kappa shape index (κ2) is 6.86. The van der Waals surface area contributed by atoms with Gasteiger partial charge in [0.25, 0.3) is 0 Å². The Kier molecular flexibility index (Phi) is 4.65. The molecule has 0 spiro atoms. The van der Waals surface area contributed by atoms with E-state index in [1.54, 1.807) is 0 Å². The van der Waals surface area contributed by atoms with Crippen molar-refractivity contribution >= 4 is 11.7 Å². The first-order valence-corrected chi connectivity index (χ1v) is 8.21. The van der Waals surface area contributed by atoms with Crippen molar-refractivity contribution in [2.45, 2.75) is 45.1 Å². The van der Waals surface area contributed by atoms with Gasteiger partial charge in [-0.3, -0.25) is 9.48 Å². The zero-order chi connectivity index (χ0) is 16.2. The minimum atomic E-state index is -0.759. The molecule has 0 radical (unpaired) electrons. The van der Waals surface area contributed by atoms with E-state index in [9.17, 15) is 4.79 Å². The number of carboxylic acid groups (broad SMARTS) is 1. The van der Waals surface area contributed by atoms with Crippen LogP contribution >= 0.6 is 0 Å². The maximum absolute atomic E-state index is 10.7. The summed E-state index contributed by atoms with van der Waals surface area (Å²) in [5.41, 5.74) is 6.00. The molecule has 0 aliphatic heterocycles. The lowest BCUT2D eigenvalue weighted by Crippen LogP contribution is -2.09. The molecule has 2 N–H and O–H groups in total. The molecule has 0 saturated carbocycles. The summed E-state index contributed by atoms with van der Waals surface area (Å²) in [6.45, 7) is 0.751. The minimum Gasteiger partial charge on any atom is -0.481 e. The highest BCUT2D eigenvalue weighted by molar-refractivity contribution is 5.67. The van der Waals surface area contributed by atoms with Crippen molar-refractivity contribution in [1.29, 1.82) is 0 Å². The molecule has 0 fully saturated rings. The number of benzene rings is 1. The first-order valence-electron chi connectivity index (χ1n) is 8.21. The number of nitrogens with one attached hydrogen (secondary N) is 1. The SMILES string of the molecule is Cn1nc2c(c1CNc1cccc(CCC(=O)O)c1)CCCC2. The van der Waals surface area contributed by atoms with E-state index in [0.29, 0.717) is 6.42 Å². The number of carboxylic acids is 1. The molecule has 2 aromatic rings. The Morgan fingerprint density at radius 2 is 2.17 bits per heavy atom. The maximum Gasteiger partial charge on any atom is 0.303 e. The molecule has 0 saturated heterocycles. The number of fused-ring (bicyclic) bond motifs is 1. The Hall–Kier alpha value is -2.30. The average Bonchev–Trinajstić information content (AvgIpc) is 2.87. The van der Waals surface area contributed by atoms with Crippen LogP contribution in [0.3, 0.4) is 0 Å². The Morgan fingerprint density at radius 3 is 3.00 bits per heavy atom. The molecule has 0 bridgehead atoms. The molecule has 3 rings (SSSR count). The lowest BCUT2D eigenvalue weighted by Gasteiger charge is -2.13. The fraction of sp³-hybridized carbons (Fsp3) is 0.444. The summed E-state index contributed by atoms with van der Waals surface area (Å²) in [5, 5.41) is 16.9. The van der Waals surface area contributed by atoms with Crippen molar-refractivity contribution in [2.75, 3.05) is 5.32 Å². The van der Waals surface area contributed by atoms with Crippen LogP contribution in [-0.4, -0.2) is 20.9 Å². The fourth-order valence-electron chi connectivity index (χ4n) is 3.24. The Bertz CT molecular complexity index is 706. The van der Waals surface area contributed by atoms with Gasteiger partial charge in [-0.05, 0) is 55.4 Å². The molecule has 0 amide bonds. The first kappa shape index (κ1) is 15.6. The van der Waals surface area contributed by atoms with Gasteiger partial charge in [0.05, 0.1) is 17.9 Å². The zero-order valence-corrected chi connectivity index (χ0v) is 13.5. The van der Waals surface area contributed by atoms with E-state index in [2.05, 4.69) is 10.4 Å². The zero-order valence-electron chi connectivity index (χ0n) is 13.5. The van der Waals surface area contributed by atoms with Crippen molar-refractivity contribution in [3.05, 3.63) is 46.8 Å². The van der Waals surface area contributed by atoms with Gasteiger partial charge in [0.2, 0.25) is 0 Å². The van der Waals surface area contributed by atoms with Crippen molar-refractivity contribution in [2.24, 2.45) is 7.05 Å². The first-order chi connectivity index (χ1) is 11.1. The summed E-state index contributed by atoms with van der Waals surface area (Å²) in [4.78, 5) is 10.7. The number of rotatable bonds is 6. The molecular weight excluding hydrogens is 290 g/mol. The second-order valence-electron chi connectivity index (χ2n) is 6.15. The van der Waals surface area contributed by atoms with Gasteiger partial charge in [-0.25, -0.2) is 0 Å². The number of carbonyl (C=O) groups is 1. The van der Waals surface area contributed by atoms with Crippen molar-refractivity contribution < 1.29 is 9.90 Å². The molecule has 5 heteroatoms. The number of aryl methyl sites for hydroxylation is 3. The highest BCUT2D eigenvalue weighted by atomic mass is 16.4. The molecule has 5 nitrogen and oxygen atoms in total. The van der Waals surface area contributed by atoms with Gasteiger partial charge in [0.1, 0.15) is 0 Å². The van der Waals surface area contributed by atoms with Crippen LogP contribution in [0.25, 0.3) is 0 Å². The van der Waals surface area contributed by atoms with Crippen LogP contribution in [0.15, 0.2) is 24.3 Å². The van der Waals surface area contributed by atoms with Crippen LogP contribution in [0.5, 0.6) is 0 Å². The van der Waals surface area contributed by atoms with Gasteiger partial charge >= 0.3 is 5.97 Å². The third kappa shape index (κ3) is 3.73. The van der Waals surface area contributed by atoms with Crippen molar-refractivity contribution in [3.63, 3.8) is 0 Å². The number of hydrogen-bond acceptors (Lipinski definition) is 3. The molecule has 1 aromatic heterocycles. The van der Waals surface area contributed by atoms with Gasteiger partial charge in [-0.1, -0.05) is 12.1 Å². The Labute approximate surface area is 136 Å².